The zero-order valence-electron chi connectivity index (χ0n) is 9.16. The first-order valence-electron chi connectivity index (χ1n) is 5.18. The Morgan fingerprint density at radius 3 is 3.00 bits per heavy atom. The van der Waals surface area contributed by atoms with Crippen molar-refractivity contribution in [2.24, 2.45) is 4.99 Å². The summed E-state index contributed by atoms with van der Waals surface area (Å²) in [5.41, 5.74) is 0.511. The van der Waals surface area contributed by atoms with Gasteiger partial charge in [0.05, 0.1) is 23.6 Å². The van der Waals surface area contributed by atoms with Crippen molar-refractivity contribution in [2.45, 2.75) is 19.9 Å². The number of carbonyl (C=O) groups is 1. The van der Waals surface area contributed by atoms with Crippen molar-refractivity contribution >= 4 is 11.5 Å². The van der Waals surface area contributed by atoms with Gasteiger partial charge in [0.25, 0.3) is 0 Å². The molecule has 0 saturated heterocycles. The van der Waals surface area contributed by atoms with Gasteiger partial charge in [0.15, 0.2) is 0 Å². The lowest BCUT2D eigenvalue weighted by Gasteiger charge is -2.06. The van der Waals surface area contributed by atoms with Crippen molar-refractivity contribution in [3.05, 3.63) is 34.6 Å². The van der Waals surface area contributed by atoms with E-state index in [0.717, 1.165) is 0 Å². The van der Waals surface area contributed by atoms with Crippen LogP contribution in [0, 0.1) is 5.82 Å². The van der Waals surface area contributed by atoms with Crippen molar-refractivity contribution in [3.8, 4) is 0 Å². The quantitative estimate of drug-likeness (QED) is 0.684. The molecule has 0 N–H and O–H groups in total. The summed E-state index contributed by atoms with van der Waals surface area (Å²) < 4.78 is 17.9. The lowest BCUT2D eigenvalue weighted by molar-refractivity contribution is -0.136. The van der Waals surface area contributed by atoms with E-state index < -0.39 is 0 Å². The molecule has 1 aliphatic heterocycles. The summed E-state index contributed by atoms with van der Waals surface area (Å²) >= 11 is 0. The molecule has 0 fully saturated rings. The molecular formula is C12H12FNO2. The van der Waals surface area contributed by atoms with Crippen molar-refractivity contribution in [3.63, 3.8) is 0 Å². The Kier molecular flexibility index (Phi) is 2.73. The lowest BCUT2D eigenvalue weighted by Crippen LogP contribution is -2.26. The highest BCUT2D eigenvalue weighted by Crippen LogP contribution is 2.10. The Bertz CT molecular complexity index is 551. The second kappa shape index (κ2) is 4.04. The van der Waals surface area contributed by atoms with Crippen LogP contribution in [0.15, 0.2) is 23.2 Å². The molecule has 1 heterocycles. The molecule has 0 bridgehead atoms. The molecule has 0 radical (unpaired) electrons. The molecule has 0 spiro atoms. The van der Waals surface area contributed by atoms with Crippen LogP contribution in [0.2, 0.25) is 0 Å². The van der Waals surface area contributed by atoms with Gasteiger partial charge in [0.2, 0.25) is 0 Å². The average molecular weight is 221 g/mol. The van der Waals surface area contributed by atoms with Gasteiger partial charge < -0.3 is 4.74 Å². The van der Waals surface area contributed by atoms with Crippen LogP contribution < -0.4 is 10.6 Å². The van der Waals surface area contributed by atoms with Gasteiger partial charge in [0, 0.05) is 5.22 Å². The number of carbonyl (C=O) groups excluding carboxylic acids is 1. The van der Waals surface area contributed by atoms with Gasteiger partial charge in [0.1, 0.15) is 5.82 Å². The monoisotopic (exact) mass is 221 g/mol. The van der Waals surface area contributed by atoms with Gasteiger partial charge in [-0.1, -0.05) is 0 Å². The number of rotatable bonds is 2. The van der Waals surface area contributed by atoms with E-state index in [2.05, 4.69) is 4.99 Å². The highest BCUT2D eigenvalue weighted by molar-refractivity contribution is 6.11. The normalized spacial score (nSPS) is 17.9. The Labute approximate surface area is 92.3 Å². The molecule has 1 atom stereocenters. The second-order valence-corrected chi connectivity index (χ2v) is 3.60. The predicted molar refractivity (Wildman–Crippen MR) is 56.7 cm³/mol. The van der Waals surface area contributed by atoms with E-state index in [4.69, 9.17) is 4.74 Å². The van der Waals surface area contributed by atoms with Crippen LogP contribution in [-0.2, 0) is 9.53 Å². The third kappa shape index (κ3) is 1.71. The summed E-state index contributed by atoms with van der Waals surface area (Å²) in [6.45, 7) is 3.87. The van der Waals surface area contributed by atoms with E-state index in [1.54, 1.807) is 19.9 Å². The fourth-order valence-corrected chi connectivity index (χ4v) is 1.83. The SMILES string of the molecule is CCOC(=O)C1=c2ccc(F)cc2=N[C@@H]1C. The second-order valence-electron chi connectivity index (χ2n) is 3.60. The number of nitrogens with zero attached hydrogens (tertiary/aromatic N) is 1. The molecule has 0 amide bonds. The van der Waals surface area contributed by atoms with Gasteiger partial charge in [-0.15, -0.1) is 0 Å². The van der Waals surface area contributed by atoms with Crippen molar-refractivity contribution in [2.75, 3.05) is 6.61 Å². The third-order valence-corrected chi connectivity index (χ3v) is 2.50. The van der Waals surface area contributed by atoms with E-state index >= 15 is 0 Å². The molecule has 0 aromatic heterocycles. The molecule has 84 valence electrons. The van der Waals surface area contributed by atoms with Gasteiger partial charge in [-0.25, -0.2) is 9.18 Å². The van der Waals surface area contributed by atoms with E-state index in [-0.39, 0.29) is 17.8 Å². The Balaban J connectivity index is 2.60. The lowest BCUT2D eigenvalue weighted by atomic mass is 10.1. The number of ether oxygens (including phenoxy) is 1. The van der Waals surface area contributed by atoms with Crippen molar-refractivity contribution in [1.82, 2.24) is 0 Å². The number of fused-ring (bicyclic) bond motifs is 1. The summed E-state index contributed by atoms with van der Waals surface area (Å²) in [6.07, 6.45) is 0. The zero-order valence-corrected chi connectivity index (χ0v) is 9.16. The minimum Gasteiger partial charge on any atom is -0.463 e. The first kappa shape index (κ1) is 10.8. The highest BCUT2D eigenvalue weighted by Gasteiger charge is 2.23. The summed E-state index contributed by atoms with van der Waals surface area (Å²) in [7, 11) is 0. The van der Waals surface area contributed by atoms with Crippen LogP contribution in [0.3, 0.4) is 0 Å². The van der Waals surface area contributed by atoms with Gasteiger partial charge >= 0.3 is 5.97 Å². The van der Waals surface area contributed by atoms with Crippen molar-refractivity contribution < 1.29 is 13.9 Å². The number of hydrogen-bond donors (Lipinski definition) is 0. The van der Waals surface area contributed by atoms with Crippen LogP contribution in [0.25, 0.3) is 5.57 Å². The fraction of sp³-hybridized carbons (Fsp3) is 0.333. The van der Waals surface area contributed by atoms with Gasteiger partial charge in [-0.3, -0.25) is 4.99 Å². The molecule has 3 nitrogen and oxygen atoms in total. The predicted octanol–water partition coefficient (Wildman–Crippen LogP) is 0.561. The Morgan fingerprint density at radius 1 is 1.56 bits per heavy atom. The van der Waals surface area contributed by atoms with E-state index in [1.807, 2.05) is 0 Å². The number of hydrogen-bond acceptors (Lipinski definition) is 3. The third-order valence-electron chi connectivity index (χ3n) is 2.50. The summed E-state index contributed by atoms with van der Waals surface area (Å²) in [5.74, 6) is -0.719. The maximum atomic E-state index is 13.0. The number of halogens is 1. The Hall–Kier alpha value is -1.71. The van der Waals surface area contributed by atoms with Gasteiger partial charge in [-0.05, 0) is 32.0 Å². The molecule has 1 aromatic rings. The minimum atomic E-state index is -0.371. The maximum absolute atomic E-state index is 13.0. The van der Waals surface area contributed by atoms with Crippen molar-refractivity contribution in [1.29, 1.82) is 0 Å². The minimum absolute atomic E-state index is 0.268. The molecule has 4 heteroatoms. The number of esters is 1. The van der Waals surface area contributed by atoms with E-state index in [0.29, 0.717) is 22.8 Å². The standard InChI is InChI=1S/C12H12FNO2/c1-3-16-12(15)11-7(2)14-10-6-8(13)4-5-9(10)11/h4-7H,3H2,1-2H3/t7-/m1/s1. The average Bonchev–Trinajstić information content (AvgIpc) is 2.53. The van der Waals surface area contributed by atoms with Crippen LogP contribution in [0.4, 0.5) is 4.39 Å². The molecule has 0 saturated carbocycles. The smallest absolute Gasteiger partial charge is 0.336 e. The van der Waals surface area contributed by atoms with Crippen LogP contribution in [0.1, 0.15) is 13.8 Å². The Morgan fingerprint density at radius 2 is 2.31 bits per heavy atom. The van der Waals surface area contributed by atoms with Gasteiger partial charge in [-0.2, -0.15) is 0 Å². The van der Waals surface area contributed by atoms with Crippen LogP contribution in [0.5, 0.6) is 0 Å². The van der Waals surface area contributed by atoms with E-state index in [9.17, 15) is 9.18 Å². The molecule has 1 aromatic carbocycles. The molecule has 0 aliphatic carbocycles. The largest absolute Gasteiger partial charge is 0.463 e. The topological polar surface area (TPSA) is 38.7 Å². The zero-order chi connectivity index (χ0) is 11.7. The highest BCUT2D eigenvalue weighted by atomic mass is 19.1. The number of benzene rings is 1. The first-order valence-corrected chi connectivity index (χ1v) is 5.18. The molecule has 0 unspecified atom stereocenters. The van der Waals surface area contributed by atoms with Crippen LogP contribution in [-0.4, -0.2) is 18.6 Å². The van der Waals surface area contributed by atoms with Crippen LogP contribution >= 0.6 is 0 Å². The molecule has 2 rings (SSSR count). The molecular weight excluding hydrogens is 209 g/mol. The summed E-state index contributed by atoms with van der Waals surface area (Å²) in [6, 6.07) is 3.96. The first-order chi connectivity index (χ1) is 7.63. The summed E-state index contributed by atoms with van der Waals surface area (Å²) in [4.78, 5) is 15.9. The molecule has 1 aliphatic rings. The summed E-state index contributed by atoms with van der Waals surface area (Å²) in [5, 5.41) is 1.20. The maximum Gasteiger partial charge on any atom is 0.336 e. The fourth-order valence-electron chi connectivity index (χ4n) is 1.83. The molecule has 16 heavy (non-hydrogen) atoms. The van der Waals surface area contributed by atoms with E-state index in [1.165, 1.54) is 12.1 Å².